The monoisotopic (exact) mass is 567 g/mol. The van der Waals surface area contributed by atoms with E-state index in [9.17, 15) is 29.7 Å². The lowest BCUT2D eigenvalue weighted by Crippen LogP contribution is -2.74. The first-order valence-electron chi connectivity index (χ1n) is 16.4. The van der Waals surface area contributed by atoms with E-state index in [2.05, 4.69) is 19.1 Å². The van der Waals surface area contributed by atoms with Crippen LogP contribution in [0.5, 0.6) is 0 Å². The van der Waals surface area contributed by atoms with Gasteiger partial charge in [-0.05, 0) is 51.4 Å². The number of nitrogens with zero attached hydrogens (tertiary/aromatic N) is 1. The van der Waals surface area contributed by atoms with Gasteiger partial charge in [0.15, 0.2) is 12.1 Å². The van der Waals surface area contributed by atoms with Gasteiger partial charge in [0.1, 0.15) is 6.04 Å². The summed E-state index contributed by atoms with van der Waals surface area (Å²) in [5, 5.41) is 32.9. The molecule has 7 heteroatoms. The van der Waals surface area contributed by atoms with E-state index in [0.717, 1.165) is 38.5 Å². The number of carbonyl (C=O) groups is 3. The summed E-state index contributed by atoms with van der Waals surface area (Å²) in [6.07, 6.45) is 22.8. The van der Waals surface area contributed by atoms with Gasteiger partial charge in [0, 0.05) is 19.3 Å². The Morgan fingerprint density at radius 1 is 0.575 bits per heavy atom. The summed E-state index contributed by atoms with van der Waals surface area (Å²) < 4.78 is -0.441. The molecular formula is C33H61NO6. The van der Waals surface area contributed by atoms with Gasteiger partial charge in [0.2, 0.25) is 0 Å². The molecule has 0 fully saturated rings. The van der Waals surface area contributed by atoms with E-state index in [1.54, 1.807) is 0 Å². The van der Waals surface area contributed by atoms with Gasteiger partial charge >= 0.3 is 11.9 Å². The van der Waals surface area contributed by atoms with Gasteiger partial charge in [0.25, 0.3) is 0 Å². The largest absolute Gasteiger partial charge is 0.544 e. The maximum atomic E-state index is 12.5. The van der Waals surface area contributed by atoms with Crippen molar-refractivity contribution in [2.24, 2.45) is 0 Å². The number of allylic oxidation sites excluding steroid dienone is 2. The molecule has 0 spiro atoms. The van der Waals surface area contributed by atoms with Crippen LogP contribution in [0.3, 0.4) is 0 Å². The van der Waals surface area contributed by atoms with Crippen molar-refractivity contribution in [3.05, 3.63) is 12.2 Å². The lowest BCUT2D eigenvalue weighted by molar-refractivity contribution is -0.975. The molecular weight excluding hydrogens is 506 g/mol. The Kier molecular flexibility index (Phi) is 22.7. The van der Waals surface area contributed by atoms with Gasteiger partial charge in [-0.15, -0.1) is 0 Å². The molecule has 3 unspecified atom stereocenters. The minimum Gasteiger partial charge on any atom is -0.544 e. The number of quaternary nitrogens is 1. The second kappa shape index (κ2) is 23.8. The number of rotatable bonds is 28. The molecule has 0 aliphatic rings. The van der Waals surface area contributed by atoms with E-state index in [0.29, 0.717) is 25.7 Å². The topological polar surface area (TPSA) is 115 Å². The molecule has 40 heavy (non-hydrogen) atoms. The van der Waals surface area contributed by atoms with Crippen LogP contribution in [0.1, 0.15) is 156 Å². The molecule has 0 saturated heterocycles. The van der Waals surface area contributed by atoms with Crippen molar-refractivity contribution in [1.29, 1.82) is 0 Å². The number of carbonyl (C=O) groups excluding carboxylic acids is 1. The Bertz CT molecular complexity index is 647. The van der Waals surface area contributed by atoms with Crippen LogP contribution in [0.2, 0.25) is 0 Å². The predicted molar refractivity (Wildman–Crippen MR) is 161 cm³/mol. The maximum absolute atomic E-state index is 12.5. The first-order chi connectivity index (χ1) is 19.2. The fourth-order valence-corrected chi connectivity index (χ4v) is 6.27. The zero-order valence-electron chi connectivity index (χ0n) is 26.2. The second-order valence-corrected chi connectivity index (χ2v) is 11.6. The summed E-state index contributed by atoms with van der Waals surface area (Å²) >= 11 is 0. The van der Waals surface area contributed by atoms with Crippen LogP contribution >= 0.6 is 0 Å². The van der Waals surface area contributed by atoms with E-state index in [4.69, 9.17) is 0 Å². The molecule has 0 rings (SSSR count). The Morgan fingerprint density at radius 3 is 1.32 bits per heavy atom. The molecule has 2 N–H and O–H groups in total. The van der Waals surface area contributed by atoms with E-state index in [1.165, 1.54) is 44.9 Å². The number of hydrogen-bond donors (Lipinski definition) is 2. The molecule has 7 nitrogen and oxygen atoms in total. The molecule has 0 bridgehead atoms. The summed E-state index contributed by atoms with van der Waals surface area (Å²) in [6, 6.07) is -3.34. The molecule has 0 amide bonds. The highest BCUT2D eigenvalue weighted by Crippen LogP contribution is 2.34. The van der Waals surface area contributed by atoms with Crippen LogP contribution in [-0.4, -0.2) is 57.3 Å². The number of aliphatic carboxylic acids is 3. The molecule has 0 aromatic heterocycles. The summed E-state index contributed by atoms with van der Waals surface area (Å²) in [6.45, 7) is 8.03. The van der Waals surface area contributed by atoms with Gasteiger partial charge in [0.05, 0.1) is 12.5 Å². The van der Waals surface area contributed by atoms with Gasteiger partial charge < -0.3 is 20.1 Å². The zero-order valence-corrected chi connectivity index (χ0v) is 26.2. The van der Waals surface area contributed by atoms with Crippen molar-refractivity contribution >= 4 is 17.9 Å². The first-order valence-corrected chi connectivity index (χ1v) is 16.4. The quantitative estimate of drug-likeness (QED) is 0.0584. The zero-order chi connectivity index (χ0) is 30.2. The van der Waals surface area contributed by atoms with Crippen molar-refractivity contribution < 1.29 is 34.2 Å². The average Bonchev–Trinajstić information content (AvgIpc) is 2.91. The second-order valence-electron chi connectivity index (χ2n) is 11.6. The molecule has 0 aliphatic carbocycles. The summed E-state index contributed by atoms with van der Waals surface area (Å²) in [5.74, 6) is -3.57. The molecule has 0 saturated carbocycles. The third-order valence-electron chi connectivity index (χ3n) is 8.33. The minimum atomic E-state index is -1.34. The van der Waals surface area contributed by atoms with Crippen LogP contribution in [0.4, 0.5) is 0 Å². The van der Waals surface area contributed by atoms with Crippen molar-refractivity contribution in [3.63, 3.8) is 0 Å². The Hall–Kier alpha value is -1.89. The van der Waals surface area contributed by atoms with E-state index in [1.807, 2.05) is 20.8 Å². The Balaban J connectivity index is 5.15. The molecule has 0 aromatic rings. The van der Waals surface area contributed by atoms with Crippen molar-refractivity contribution in [3.8, 4) is 0 Å². The normalized spacial score (nSPS) is 15.5. The minimum absolute atomic E-state index is 0.203. The predicted octanol–water partition coefficient (Wildman–Crippen LogP) is 7.27. The van der Waals surface area contributed by atoms with Gasteiger partial charge in [-0.3, -0.25) is 4.48 Å². The summed E-state index contributed by atoms with van der Waals surface area (Å²) in [5.41, 5.74) is 0. The number of unbranched alkanes of at least 4 members (excludes halogenated alkanes) is 12. The van der Waals surface area contributed by atoms with E-state index in [-0.39, 0.29) is 25.8 Å². The molecule has 3 atom stereocenters. The average molecular weight is 568 g/mol. The van der Waals surface area contributed by atoms with Crippen molar-refractivity contribution in [1.82, 2.24) is 0 Å². The SMILES string of the molecule is CCCCCCCCC/C=C/CCCCCCC[N+](C(CCC)C(=O)[O-])(C(CCC)C(=O)O)C(CCC)C(=O)O. The fourth-order valence-electron chi connectivity index (χ4n) is 6.27. The Labute approximate surface area is 245 Å². The van der Waals surface area contributed by atoms with Crippen LogP contribution in [-0.2, 0) is 14.4 Å². The standard InChI is InChI=1S/C33H61NO6/c1-5-9-10-11-12-13-14-15-16-17-18-19-20-21-22-23-27-34(28(24-6-2)31(35)36,29(25-7-3)32(37)38)30(26-8-4)33(39)40/h16-17,28-30H,5-15,18-27H2,1-4H3,(H2-,35,36,37,38,39,40)/b17-16+. The number of carboxylic acid groups (broad SMARTS) is 3. The number of hydrogen-bond acceptors (Lipinski definition) is 4. The summed E-state index contributed by atoms with van der Waals surface area (Å²) in [4.78, 5) is 37.5. The van der Waals surface area contributed by atoms with E-state index < -0.39 is 40.5 Å². The molecule has 0 radical (unpaired) electrons. The third-order valence-corrected chi connectivity index (χ3v) is 8.33. The Morgan fingerprint density at radius 2 is 0.950 bits per heavy atom. The molecule has 0 aromatic carbocycles. The lowest BCUT2D eigenvalue weighted by atomic mass is 9.91. The van der Waals surface area contributed by atoms with Crippen LogP contribution < -0.4 is 5.11 Å². The van der Waals surface area contributed by atoms with Crippen molar-refractivity contribution in [2.75, 3.05) is 6.54 Å². The molecule has 0 heterocycles. The van der Waals surface area contributed by atoms with Gasteiger partial charge in [-0.2, -0.15) is 0 Å². The fraction of sp³-hybridized carbons (Fsp3) is 0.848. The maximum Gasteiger partial charge on any atom is 0.362 e. The lowest BCUT2D eigenvalue weighted by Gasteiger charge is -2.52. The van der Waals surface area contributed by atoms with Crippen LogP contribution in [0.15, 0.2) is 12.2 Å². The molecule has 0 aliphatic heterocycles. The van der Waals surface area contributed by atoms with Gasteiger partial charge in [-0.25, -0.2) is 9.59 Å². The van der Waals surface area contributed by atoms with Gasteiger partial charge in [-0.1, -0.05) is 97.6 Å². The number of carboxylic acids is 3. The molecule has 234 valence electrons. The highest BCUT2D eigenvalue weighted by atomic mass is 16.4. The highest BCUT2D eigenvalue weighted by molar-refractivity contribution is 5.77. The van der Waals surface area contributed by atoms with Crippen LogP contribution in [0.25, 0.3) is 0 Å². The summed E-state index contributed by atoms with van der Waals surface area (Å²) in [7, 11) is 0. The van der Waals surface area contributed by atoms with Crippen LogP contribution in [0, 0.1) is 0 Å². The van der Waals surface area contributed by atoms with E-state index >= 15 is 0 Å². The first kappa shape index (κ1) is 38.1. The highest BCUT2D eigenvalue weighted by Gasteiger charge is 2.54. The smallest absolute Gasteiger partial charge is 0.362 e. The third kappa shape index (κ3) is 14.1. The van der Waals surface area contributed by atoms with Crippen molar-refractivity contribution in [2.45, 2.75) is 174 Å².